The summed E-state index contributed by atoms with van der Waals surface area (Å²) in [7, 11) is 3.80. The molecule has 1 amide bonds. The van der Waals surface area contributed by atoms with E-state index >= 15 is 0 Å². The number of hydrogen-bond acceptors (Lipinski definition) is 5. The van der Waals surface area contributed by atoms with E-state index in [-0.39, 0.29) is 5.91 Å². The number of benzene rings is 1. The number of amides is 1. The first-order valence-electron chi connectivity index (χ1n) is 9.11. The van der Waals surface area contributed by atoms with E-state index in [1.54, 1.807) is 7.11 Å². The second kappa shape index (κ2) is 8.54. The number of nitrogens with zero attached hydrogens (tertiary/aromatic N) is 2. The fourth-order valence-corrected chi connectivity index (χ4v) is 3.35. The summed E-state index contributed by atoms with van der Waals surface area (Å²) in [6.45, 7) is 6.45. The number of nitrogens with one attached hydrogen (secondary N) is 1. The molecule has 2 aliphatic heterocycles. The van der Waals surface area contributed by atoms with E-state index in [4.69, 9.17) is 9.47 Å². The standard InChI is InChI=1S/C19H29N3O3/c1-21-7-9-22(10-8-21)6-5-19(23)20-13-15-11-16-3-4-17(24-2)12-18(16)25-14-15/h3-4,12,15H,5-11,13-14H2,1-2H3,(H,20,23)/t15-/m0/s1. The number of hydrogen-bond donors (Lipinski definition) is 1. The molecule has 3 rings (SSSR count). The second-order valence-electron chi connectivity index (χ2n) is 7.05. The van der Waals surface area contributed by atoms with Gasteiger partial charge >= 0.3 is 0 Å². The summed E-state index contributed by atoms with van der Waals surface area (Å²) in [5.41, 5.74) is 1.18. The third-order valence-electron chi connectivity index (χ3n) is 5.10. The van der Waals surface area contributed by atoms with Crippen LogP contribution in [0.1, 0.15) is 12.0 Å². The number of carbonyl (C=O) groups excluding carboxylic acids is 1. The number of fused-ring (bicyclic) bond motifs is 1. The van der Waals surface area contributed by atoms with Gasteiger partial charge in [-0.3, -0.25) is 4.79 Å². The fraction of sp³-hybridized carbons (Fsp3) is 0.632. The van der Waals surface area contributed by atoms with Gasteiger partial charge in [0.25, 0.3) is 0 Å². The second-order valence-corrected chi connectivity index (χ2v) is 7.05. The van der Waals surface area contributed by atoms with Gasteiger partial charge < -0.3 is 24.6 Å². The average Bonchev–Trinajstić information content (AvgIpc) is 2.65. The lowest BCUT2D eigenvalue weighted by Gasteiger charge is -2.32. The fourth-order valence-electron chi connectivity index (χ4n) is 3.35. The van der Waals surface area contributed by atoms with Gasteiger partial charge in [0.2, 0.25) is 5.91 Å². The molecule has 6 heteroatoms. The molecule has 0 bridgehead atoms. The first-order chi connectivity index (χ1) is 12.1. The molecule has 2 aliphatic rings. The zero-order valence-corrected chi connectivity index (χ0v) is 15.3. The molecule has 0 spiro atoms. The number of carbonyl (C=O) groups is 1. The number of rotatable bonds is 6. The molecule has 6 nitrogen and oxygen atoms in total. The van der Waals surface area contributed by atoms with Crippen LogP contribution in [0.2, 0.25) is 0 Å². The lowest BCUT2D eigenvalue weighted by molar-refractivity contribution is -0.121. The Morgan fingerprint density at radius 3 is 2.88 bits per heavy atom. The summed E-state index contributed by atoms with van der Waals surface area (Å²) < 4.78 is 11.1. The summed E-state index contributed by atoms with van der Waals surface area (Å²) in [6, 6.07) is 5.94. The van der Waals surface area contributed by atoms with Crippen molar-refractivity contribution < 1.29 is 14.3 Å². The summed E-state index contributed by atoms with van der Waals surface area (Å²) in [4.78, 5) is 16.8. The zero-order valence-electron chi connectivity index (χ0n) is 15.3. The molecule has 1 aromatic carbocycles. The average molecular weight is 347 g/mol. The molecule has 0 radical (unpaired) electrons. The van der Waals surface area contributed by atoms with E-state index in [0.29, 0.717) is 25.5 Å². The maximum Gasteiger partial charge on any atom is 0.221 e. The van der Waals surface area contributed by atoms with E-state index in [1.807, 2.05) is 12.1 Å². The van der Waals surface area contributed by atoms with Crippen LogP contribution in [0.3, 0.4) is 0 Å². The predicted molar refractivity (Wildman–Crippen MR) is 97.2 cm³/mol. The van der Waals surface area contributed by atoms with Crippen molar-refractivity contribution in [2.45, 2.75) is 12.8 Å². The number of likely N-dealkylation sites (N-methyl/N-ethyl adjacent to an activating group) is 1. The molecule has 1 fully saturated rings. The van der Waals surface area contributed by atoms with Gasteiger partial charge in [0, 0.05) is 57.7 Å². The number of ether oxygens (including phenoxy) is 2. The number of piperazine rings is 1. The molecule has 1 N–H and O–H groups in total. The first-order valence-corrected chi connectivity index (χ1v) is 9.11. The van der Waals surface area contributed by atoms with Crippen LogP contribution in [-0.2, 0) is 11.2 Å². The van der Waals surface area contributed by atoms with Crippen LogP contribution in [0, 0.1) is 5.92 Å². The Balaban J connectivity index is 1.38. The minimum absolute atomic E-state index is 0.138. The molecule has 0 unspecified atom stereocenters. The third kappa shape index (κ3) is 5.09. The lowest BCUT2D eigenvalue weighted by Crippen LogP contribution is -2.45. The SMILES string of the molecule is COc1ccc2c(c1)OC[C@H](CNC(=O)CCN1CCN(C)CC1)C2. The van der Waals surface area contributed by atoms with Gasteiger partial charge in [-0.05, 0) is 25.1 Å². The smallest absolute Gasteiger partial charge is 0.221 e. The molecule has 0 aromatic heterocycles. The van der Waals surface area contributed by atoms with Crippen LogP contribution in [0.4, 0.5) is 0 Å². The molecular formula is C19H29N3O3. The quantitative estimate of drug-likeness (QED) is 0.832. The molecule has 1 saturated heterocycles. The Morgan fingerprint density at radius 1 is 1.32 bits per heavy atom. The topological polar surface area (TPSA) is 54.0 Å². The van der Waals surface area contributed by atoms with E-state index in [1.165, 1.54) is 5.56 Å². The van der Waals surface area contributed by atoms with Crippen molar-refractivity contribution in [1.82, 2.24) is 15.1 Å². The van der Waals surface area contributed by atoms with Crippen molar-refractivity contribution in [3.63, 3.8) is 0 Å². The van der Waals surface area contributed by atoms with Crippen molar-refractivity contribution in [3.8, 4) is 11.5 Å². The molecule has 0 aliphatic carbocycles. The van der Waals surface area contributed by atoms with Crippen LogP contribution in [0.25, 0.3) is 0 Å². The molecule has 2 heterocycles. The Morgan fingerprint density at radius 2 is 2.12 bits per heavy atom. The van der Waals surface area contributed by atoms with Gasteiger partial charge in [-0.15, -0.1) is 0 Å². The Labute approximate surface area is 150 Å². The Kier molecular flexibility index (Phi) is 6.15. The van der Waals surface area contributed by atoms with Crippen molar-refractivity contribution in [2.24, 2.45) is 5.92 Å². The van der Waals surface area contributed by atoms with Crippen LogP contribution < -0.4 is 14.8 Å². The van der Waals surface area contributed by atoms with Gasteiger partial charge in [0.1, 0.15) is 11.5 Å². The van der Waals surface area contributed by atoms with Crippen LogP contribution in [0.5, 0.6) is 11.5 Å². The Bertz CT molecular complexity index is 585. The first kappa shape index (κ1) is 18.0. The monoisotopic (exact) mass is 347 g/mol. The van der Waals surface area contributed by atoms with Gasteiger partial charge in [0.05, 0.1) is 13.7 Å². The molecular weight excluding hydrogens is 318 g/mol. The molecule has 1 atom stereocenters. The van der Waals surface area contributed by atoms with Crippen molar-refractivity contribution in [1.29, 1.82) is 0 Å². The van der Waals surface area contributed by atoms with Gasteiger partial charge in [0.15, 0.2) is 0 Å². The maximum absolute atomic E-state index is 12.1. The highest BCUT2D eigenvalue weighted by Crippen LogP contribution is 2.30. The summed E-state index contributed by atoms with van der Waals surface area (Å²) in [5.74, 6) is 2.18. The molecule has 25 heavy (non-hydrogen) atoms. The molecule has 0 saturated carbocycles. The van der Waals surface area contributed by atoms with Gasteiger partial charge in [-0.1, -0.05) is 6.07 Å². The summed E-state index contributed by atoms with van der Waals surface area (Å²) >= 11 is 0. The Hall–Kier alpha value is -1.79. The minimum atomic E-state index is 0.138. The normalized spacial score (nSPS) is 21.3. The van der Waals surface area contributed by atoms with Gasteiger partial charge in [-0.2, -0.15) is 0 Å². The molecule has 138 valence electrons. The van der Waals surface area contributed by atoms with Crippen molar-refractivity contribution in [2.75, 3.05) is 60.0 Å². The number of methoxy groups -OCH3 is 1. The van der Waals surface area contributed by atoms with E-state index in [2.05, 4.69) is 28.2 Å². The summed E-state index contributed by atoms with van der Waals surface area (Å²) in [6.07, 6.45) is 1.50. The predicted octanol–water partition coefficient (Wildman–Crippen LogP) is 1.00. The summed E-state index contributed by atoms with van der Waals surface area (Å²) in [5, 5.41) is 3.07. The van der Waals surface area contributed by atoms with E-state index < -0.39 is 0 Å². The van der Waals surface area contributed by atoms with Crippen LogP contribution in [0.15, 0.2) is 18.2 Å². The van der Waals surface area contributed by atoms with Crippen molar-refractivity contribution >= 4 is 5.91 Å². The van der Waals surface area contributed by atoms with E-state index in [9.17, 15) is 4.79 Å². The largest absolute Gasteiger partial charge is 0.497 e. The highest BCUT2D eigenvalue weighted by atomic mass is 16.5. The highest BCUT2D eigenvalue weighted by Gasteiger charge is 2.21. The van der Waals surface area contributed by atoms with Crippen LogP contribution >= 0.6 is 0 Å². The zero-order chi connectivity index (χ0) is 17.6. The maximum atomic E-state index is 12.1. The lowest BCUT2D eigenvalue weighted by atomic mass is 9.96. The molecule has 1 aromatic rings. The van der Waals surface area contributed by atoms with Crippen molar-refractivity contribution in [3.05, 3.63) is 23.8 Å². The van der Waals surface area contributed by atoms with Crippen LogP contribution in [-0.4, -0.2) is 75.7 Å². The van der Waals surface area contributed by atoms with Gasteiger partial charge in [-0.25, -0.2) is 0 Å². The third-order valence-corrected chi connectivity index (χ3v) is 5.10. The minimum Gasteiger partial charge on any atom is -0.497 e. The van der Waals surface area contributed by atoms with E-state index in [0.717, 1.165) is 50.6 Å². The highest BCUT2D eigenvalue weighted by molar-refractivity contribution is 5.76.